The van der Waals surface area contributed by atoms with E-state index in [-0.39, 0.29) is 30.7 Å². The van der Waals surface area contributed by atoms with E-state index in [2.05, 4.69) is 5.32 Å². The fourth-order valence-electron chi connectivity index (χ4n) is 4.46. The Hall–Kier alpha value is -1.54. The first kappa shape index (κ1) is 20.7. The van der Waals surface area contributed by atoms with Crippen molar-refractivity contribution in [3.8, 4) is 0 Å². The van der Waals surface area contributed by atoms with Gasteiger partial charge < -0.3 is 25.0 Å². The molecule has 6 atom stereocenters. The van der Waals surface area contributed by atoms with Gasteiger partial charge in [-0.3, -0.25) is 0 Å². The number of hydrogen-bond acceptors (Lipinski definition) is 5. The fourth-order valence-corrected chi connectivity index (χ4v) is 4.46. The van der Waals surface area contributed by atoms with Gasteiger partial charge in [-0.25, -0.2) is 8.78 Å². The normalized spacial score (nSPS) is 33.8. The summed E-state index contributed by atoms with van der Waals surface area (Å²) in [7, 11) is 0. The van der Waals surface area contributed by atoms with Crippen LogP contribution in [0.1, 0.15) is 38.5 Å². The van der Waals surface area contributed by atoms with Crippen molar-refractivity contribution in [3.63, 3.8) is 0 Å². The molecule has 29 heavy (non-hydrogen) atoms. The van der Waals surface area contributed by atoms with Gasteiger partial charge in [-0.05, 0) is 67.6 Å². The second-order valence-corrected chi connectivity index (χ2v) is 8.28. The molecule has 0 radical (unpaired) electrons. The Balaban J connectivity index is 1.20. The lowest BCUT2D eigenvalue weighted by molar-refractivity contribution is -0.0835. The molecule has 0 bridgehead atoms. The predicted molar refractivity (Wildman–Crippen MR) is 104 cm³/mol. The Morgan fingerprint density at radius 2 is 1.90 bits per heavy atom. The van der Waals surface area contributed by atoms with Crippen LogP contribution in [0.3, 0.4) is 0 Å². The molecule has 7 heteroatoms. The minimum Gasteiger partial charge on any atom is -0.488 e. The molecule has 2 aliphatic heterocycles. The van der Waals surface area contributed by atoms with Crippen LogP contribution in [0.25, 0.3) is 0 Å². The van der Waals surface area contributed by atoms with Crippen LogP contribution < -0.4 is 5.32 Å². The summed E-state index contributed by atoms with van der Waals surface area (Å²) in [6.07, 6.45) is 6.64. The molecule has 6 unspecified atom stereocenters. The zero-order valence-corrected chi connectivity index (χ0v) is 16.4. The zero-order valence-electron chi connectivity index (χ0n) is 16.4. The first-order chi connectivity index (χ1) is 14.0. The van der Waals surface area contributed by atoms with Crippen LogP contribution >= 0.6 is 0 Å². The highest BCUT2D eigenvalue weighted by molar-refractivity contribution is 5.29. The summed E-state index contributed by atoms with van der Waals surface area (Å²) in [6, 6.07) is 0. The van der Waals surface area contributed by atoms with Crippen molar-refractivity contribution in [3.05, 3.63) is 47.0 Å². The number of halogens is 2. The fraction of sp³-hybridized carbons (Fsp3) is 0.636. The predicted octanol–water partition coefficient (Wildman–Crippen LogP) is 2.76. The van der Waals surface area contributed by atoms with Gasteiger partial charge >= 0.3 is 0 Å². The standard InChI is InChI=1S/C22H29F2NO4/c23-15-3-7-19-13(9-15)1-5-21(28-19)17(26)11-25-12-18(27)22-6-2-14-10-16(24)4-8-20(14)29-22/h3-4,7,10,15,17-18,20-22,25-27H,1-2,5-6,8-9,11-12H2. The van der Waals surface area contributed by atoms with Crippen LogP contribution in [0, 0.1) is 0 Å². The van der Waals surface area contributed by atoms with Crippen LogP contribution in [-0.2, 0) is 9.47 Å². The molecule has 4 aliphatic rings. The smallest absolute Gasteiger partial charge is 0.126 e. The van der Waals surface area contributed by atoms with E-state index in [1.807, 2.05) is 0 Å². The van der Waals surface area contributed by atoms with Crippen molar-refractivity contribution in [2.45, 2.75) is 75.2 Å². The maximum Gasteiger partial charge on any atom is 0.126 e. The molecule has 5 nitrogen and oxygen atoms in total. The Bertz CT molecular complexity index is 732. The van der Waals surface area contributed by atoms with Gasteiger partial charge in [0, 0.05) is 19.5 Å². The highest BCUT2D eigenvalue weighted by Gasteiger charge is 2.33. The number of alkyl halides is 1. The molecule has 0 amide bonds. The number of ether oxygens (including phenoxy) is 2. The molecule has 160 valence electrons. The molecule has 1 saturated heterocycles. The van der Waals surface area contributed by atoms with Crippen LogP contribution in [0.4, 0.5) is 8.78 Å². The second-order valence-electron chi connectivity index (χ2n) is 8.28. The third-order valence-corrected chi connectivity index (χ3v) is 6.14. The number of hydrogen-bond donors (Lipinski definition) is 3. The van der Waals surface area contributed by atoms with Crippen molar-refractivity contribution < 1.29 is 28.5 Å². The van der Waals surface area contributed by atoms with Gasteiger partial charge in [0.1, 0.15) is 30.0 Å². The monoisotopic (exact) mass is 409 g/mol. The molecule has 2 heterocycles. The molecular formula is C22H29F2NO4. The molecule has 0 spiro atoms. The van der Waals surface area contributed by atoms with Crippen LogP contribution in [0.15, 0.2) is 47.0 Å². The Labute approximate surface area is 169 Å². The van der Waals surface area contributed by atoms with Gasteiger partial charge in [0.2, 0.25) is 0 Å². The van der Waals surface area contributed by atoms with E-state index in [0.29, 0.717) is 38.0 Å². The molecule has 0 aromatic carbocycles. The summed E-state index contributed by atoms with van der Waals surface area (Å²) in [4.78, 5) is 0. The molecule has 0 saturated carbocycles. The third-order valence-electron chi connectivity index (χ3n) is 6.14. The maximum atomic E-state index is 13.4. The number of aliphatic hydroxyl groups excluding tert-OH is 2. The minimum atomic E-state index is -0.945. The second kappa shape index (κ2) is 9.08. The summed E-state index contributed by atoms with van der Waals surface area (Å²) in [5.74, 6) is 0.474. The molecule has 3 N–H and O–H groups in total. The van der Waals surface area contributed by atoms with Gasteiger partial charge in [0.25, 0.3) is 0 Å². The summed E-state index contributed by atoms with van der Waals surface area (Å²) in [6.45, 7) is 0.580. The van der Waals surface area contributed by atoms with Gasteiger partial charge in [0.15, 0.2) is 0 Å². The summed E-state index contributed by atoms with van der Waals surface area (Å²) >= 11 is 0. The van der Waals surface area contributed by atoms with E-state index in [0.717, 1.165) is 24.0 Å². The van der Waals surface area contributed by atoms with Crippen LogP contribution in [0.2, 0.25) is 0 Å². The first-order valence-corrected chi connectivity index (χ1v) is 10.5. The Morgan fingerprint density at radius 3 is 2.72 bits per heavy atom. The van der Waals surface area contributed by atoms with Crippen molar-refractivity contribution in [2.24, 2.45) is 0 Å². The average molecular weight is 409 g/mol. The molecule has 2 aliphatic carbocycles. The van der Waals surface area contributed by atoms with Gasteiger partial charge in [-0.15, -0.1) is 0 Å². The lowest BCUT2D eigenvalue weighted by Crippen LogP contribution is -2.46. The lowest BCUT2D eigenvalue weighted by atomic mass is 9.90. The van der Waals surface area contributed by atoms with E-state index in [1.54, 1.807) is 6.08 Å². The summed E-state index contributed by atoms with van der Waals surface area (Å²) in [5, 5.41) is 24.0. The summed E-state index contributed by atoms with van der Waals surface area (Å²) in [5.41, 5.74) is 1.93. The van der Waals surface area contributed by atoms with E-state index >= 15 is 0 Å². The lowest BCUT2D eigenvalue weighted by Gasteiger charge is -2.36. The largest absolute Gasteiger partial charge is 0.488 e. The number of aliphatic hydroxyl groups is 2. The van der Waals surface area contributed by atoms with E-state index in [4.69, 9.17) is 9.47 Å². The van der Waals surface area contributed by atoms with E-state index in [1.165, 1.54) is 18.2 Å². The molecule has 0 aromatic heterocycles. The number of rotatable bonds is 6. The first-order valence-electron chi connectivity index (χ1n) is 10.5. The van der Waals surface area contributed by atoms with Crippen molar-refractivity contribution >= 4 is 0 Å². The average Bonchev–Trinajstić information content (AvgIpc) is 2.72. The van der Waals surface area contributed by atoms with Crippen LogP contribution in [-0.4, -0.2) is 60.0 Å². The molecule has 4 rings (SSSR count). The van der Waals surface area contributed by atoms with Gasteiger partial charge in [0.05, 0.1) is 18.3 Å². The summed E-state index contributed by atoms with van der Waals surface area (Å²) < 4.78 is 38.5. The number of nitrogens with one attached hydrogen (secondary N) is 1. The van der Waals surface area contributed by atoms with Gasteiger partial charge in [-0.1, -0.05) is 0 Å². The Kier molecular flexibility index (Phi) is 6.49. The molecule has 0 aromatic rings. The minimum absolute atomic E-state index is 0.154. The number of allylic oxidation sites excluding steroid dienone is 5. The number of fused-ring (bicyclic) bond motifs is 1. The van der Waals surface area contributed by atoms with E-state index < -0.39 is 18.4 Å². The maximum absolute atomic E-state index is 13.4. The molecule has 1 fully saturated rings. The molecular weight excluding hydrogens is 380 g/mol. The van der Waals surface area contributed by atoms with Crippen molar-refractivity contribution in [1.29, 1.82) is 0 Å². The van der Waals surface area contributed by atoms with E-state index in [9.17, 15) is 19.0 Å². The topological polar surface area (TPSA) is 71.0 Å². The van der Waals surface area contributed by atoms with Crippen molar-refractivity contribution in [2.75, 3.05) is 13.1 Å². The third kappa shape index (κ3) is 4.97. The highest BCUT2D eigenvalue weighted by Crippen LogP contribution is 2.34. The SMILES string of the molecule is OC(CNCC(O)C1CCC2=CC(F)=CCC2O1)C1CCC2=C(C=CC(F)C2)O1. The Morgan fingerprint density at radius 1 is 1.14 bits per heavy atom. The highest BCUT2D eigenvalue weighted by atomic mass is 19.1. The quantitative estimate of drug-likeness (QED) is 0.629. The van der Waals surface area contributed by atoms with Gasteiger partial charge in [-0.2, -0.15) is 0 Å². The van der Waals surface area contributed by atoms with Crippen molar-refractivity contribution in [1.82, 2.24) is 5.32 Å². The van der Waals surface area contributed by atoms with Crippen LogP contribution in [0.5, 0.6) is 0 Å². The zero-order chi connectivity index (χ0) is 20.4.